The Bertz CT molecular complexity index is 6580. The Hall–Kier alpha value is -13.1. The molecule has 17 aromatic carbocycles. The molecule has 0 heterocycles. The number of hydrogen-bond donors (Lipinski definition) is 0. The van der Waals surface area contributed by atoms with Crippen LogP contribution in [0.4, 0.5) is 34.1 Å². The second kappa shape index (κ2) is 26.7. The zero-order valence-electron chi connectivity index (χ0n) is 70.1. The predicted molar refractivity (Wildman–Crippen MR) is 502 cm³/mol. The first-order chi connectivity index (χ1) is 57.0. The van der Waals surface area contributed by atoms with Gasteiger partial charge in [0, 0.05) is 66.0 Å². The van der Waals surface area contributed by atoms with Crippen LogP contribution in [0.5, 0.6) is 0 Å². The molecule has 0 amide bonds. The highest BCUT2D eigenvalue weighted by molar-refractivity contribution is 6.23. The molecule has 2 heteroatoms. The third kappa shape index (κ3) is 11.0. The molecule has 4 aliphatic rings. The molecule has 0 aliphatic heterocycles. The average molecular weight is 1520 g/mol. The van der Waals surface area contributed by atoms with Gasteiger partial charge in [0.25, 0.3) is 0 Å². The van der Waals surface area contributed by atoms with Crippen molar-refractivity contribution in [1.82, 2.24) is 0 Å². The van der Waals surface area contributed by atoms with Gasteiger partial charge in [-0.25, -0.2) is 0 Å². The van der Waals surface area contributed by atoms with Crippen LogP contribution in [0.1, 0.15) is 133 Å². The number of anilines is 6. The Morgan fingerprint density at radius 1 is 0.178 bits per heavy atom. The standard InChI is InChI=1S/C116H96N2/c1-69-27-15-25-37-107(69)117(85-49-39-75(40-50-85)109-71(3)59-83(60-72(109)4)81-47-57-93-91-55-45-79(65-103(91)115(11,12)105(93)67-81)77-43-53-89-87-29-21-23-35-99(87)113(7,8)101(89)63-77)111-95-31-17-19-33-97(95)112(98-34-20-18-32-96(98)111)118(108-38-26-16-28-70(108)2)86-51-41-76(42-52-86)110-73(5)61-84(62-74(110)6)82-48-58-94-92-56-46-80(66-104(92)116(13,14)106(94)68-82)78-44-54-90-88-30-22-24-36-100(88)114(9,10)102(90)64-78/h15-68H,1-14H3. The van der Waals surface area contributed by atoms with Gasteiger partial charge < -0.3 is 9.80 Å². The van der Waals surface area contributed by atoms with Gasteiger partial charge in [-0.2, -0.15) is 0 Å². The Kier molecular flexibility index (Phi) is 16.4. The molecule has 0 aromatic heterocycles. The van der Waals surface area contributed by atoms with Crippen molar-refractivity contribution in [2.24, 2.45) is 0 Å². The van der Waals surface area contributed by atoms with Crippen molar-refractivity contribution in [2.75, 3.05) is 9.80 Å². The summed E-state index contributed by atoms with van der Waals surface area (Å²) in [6, 6.07) is 125. The number of aryl methyl sites for hydroxylation is 6. The van der Waals surface area contributed by atoms with E-state index in [0.29, 0.717) is 0 Å². The van der Waals surface area contributed by atoms with E-state index in [1.807, 2.05) is 0 Å². The summed E-state index contributed by atoms with van der Waals surface area (Å²) in [5.41, 5.74) is 50.6. The summed E-state index contributed by atoms with van der Waals surface area (Å²) in [5, 5.41) is 4.65. The van der Waals surface area contributed by atoms with Gasteiger partial charge in [0.1, 0.15) is 0 Å². The van der Waals surface area contributed by atoms with Crippen LogP contribution in [0.15, 0.2) is 328 Å². The first-order valence-corrected chi connectivity index (χ1v) is 42.2. The SMILES string of the molecule is Cc1ccccc1N(c1ccc(-c2c(C)cc(-c3ccc4c(c3)C(C)(C)c3cc(-c5ccc6c(c5)C(C)(C)c5ccccc5-6)ccc3-4)cc2C)cc1)c1c2ccccc2c(N(c2ccc(-c3c(C)cc(-c4ccc5c(c4)C(C)(C)c4cc(-c6ccc7c(c6)C(C)(C)c6ccccc6-7)ccc4-5)cc3C)cc2)c2ccccc2C)c2ccccc12. The molecule has 0 saturated carbocycles. The summed E-state index contributed by atoms with van der Waals surface area (Å²) in [4.78, 5) is 5.05. The molecule has 0 saturated heterocycles. The highest BCUT2D eigenvalue weighted by Gasteiger charge is 2.41. The van der Waals surface area contributed by atoms with E-state index in [-0.39, 0.29) is 21.7 Å². The molecule has 0 atom stereocenters. The molecule has 17 aromatic rings. The summed E-state index contributed by atoms with van der Waals surface area (Å²) in [6.07, 6.45) is 0. The van der Waals surface area contributed by atoms with Crippen molar-refractivity contribution in [1.29, 1.82) is 0 Å². The van der Waals surface area contributed by atoms with Gasteiger partial charge >= 0.3 is 0 Å². The van der Waals surface area contributed by atoms with Gasteiger partial charge in [0.2, 0.25) is 0 Å². The van der Waals surface area contributed by atoms with Crippen molar-refractivity contribution in [2.45, 2.75) is 119 Å². The lowest BCUT2D eigenvalue weighted by Crippen LogP contribution is -2.15. The van der Waals surface area contributed by atoms with Crippen LogP contribution in [0.3, 0.4) is 0 Å². The van der Waals surface area contributed by atoms with Crippen molar-refractivity contribution in [3.05, 3.63) is 405 Å². The highest BCUT2D eigenvalue weighted by Crippen LogP contribution is 2.58. The first kappa shape index (κ1) is 72.6. The third-order valence-corrected chi connectivity index (χ3v) is 27.8. The van der Waals surface area contributed by atoms with Crippen LogP contribution in [0.2, 0.25) is 0 Å². The molecule has 118 heavy (non-hydrogen) atoms. The predicted octanol–water partition coefficient (Wildman–Crippen LogP) is 32.0. The maximum absolute atomic E-state index is 2.52. The minimum atomic E-state index is -0.184. The smallest absolute Gasteiger partial charge is 0.0620 e. The van der Waals surface area contributed by atoms with Crippen molar-refractivity contribution in [3.8, 4) is 111 Å². The number of fused-ring (bicyclic) bond motifs is 14. The first-order valence-electron chi connectivity index (χ1n) is 42.2. The Labute approximate surface area is 696 Å². The van der Waals surface area contributed by atoms with E-state index < -0.39 is 0 Å². The molecule has 0 bridgehead atoms. The number of rotatable bonds is 12. The number of nitrogens with zero attached hydrogens (tertiary/aromatic N) is 2. The lowest BCUT2D eigenvalue weighted by Gasteiger charge is -2.34. The maximum atomic E-state index is 2.52. The third-order valence-electron chi connectivity index (χ3n) is 27.8. The summed E-state index contributed by atoms with van der Waals surface area (Å²) in [5.74, 6) is 0. The van der Waals surface area contributed by atoms with E-state index in [1.54, 1.807) is 0 Å². The quantitative estimate of drug-likeness (QED) is 0.0888. The summed E-state index contributed by atoms with van der Waals surface area (Å²) >= 11 is 0. The average Bonchev–Trinajstić information content (AvgIpc) is 0.851. The molecule has 0 radical (unpaired) electrons. The maximum Gasteiger partial charge on any atom is 0.0620 e. The molecular formula is C116H96N2. The molecule has 4 aliphatic carbocycles. The van der Waals surface area contributed by atoms with Gasteiger partial charge in [0.05, 0.1) is 11.4 Å². The lowest BCUT2D eigenvalue weighted by atomic mass is 9.80. The van der Waals surface area contributed by atoms with Gasteiger partial charge in [-0.05, 0) is 303 Å². The number of benzene rings is 17. The van der Waals surface area contributed by atoms with Crippen molar-refractivity contribution in [3.63, 3.8) is 0 Å². The normalized spacial score (nSPS) is 14.3. The zero-order chi connectivity index (χ0) is 80.7. The van der Waals surface area contributed by atoms with Crippen LogP contribution in [0.25, 0.3) is 133 Å². The second-order valence-electron chi connectivity index (χ2n) is 36.2. The topological polar surface area (TPSA) is 6.48 Å². The van der Waals surface area contributed by atoms with E-state index in [1.165, 1.54) is 189 Å². The van der Waals surface area contributed by atoms with E-state index in [0.717, 1.165) is 55.7 Å². The van der Waals surface area contributed by atoms with Gasteiger partial charge in [-0.15, -0.1) is 0 Å². The van der Waals surface area contributed by atoms with E-state index >= 15 is 0 Å². The van der Waals surface area contributed by atoms with Crippen molar-refractivity contribution < 1.29 is 0 Å². The zero-order valence-corrected chi connectivity index (χ0v) is 70.1. The molecule has 21 rings (SSSR count). The number of hydrogen-bond acceptors (Lipinski definition) is 2. The molecule has 0 N–H and O–H groups in total. The largest absolute Gasteiger partial charge is 0.309 e. The second-order valence-corrected chi connectivity index (χ2v) is 36.2. The Morgan fingerprint density at radius 2 is 0.398 bits per heavy atom. The molecular weight excluding hydrogens is 1420 g/mol. The van der Waals surface area contributed by atoms with Crippen molar-refractivity contribution >= 4 is 55.7 Å². The monoisotopic (exact) mass is 1520 g/mol. The van der Waals surface area contributed by atoms with Crippen LogP contribution in [-0.4, -0.2) is 0 Å². The minimum absolute atomic E-state index is 0.0522. The van der Waals surface area contributed by atoms with E-state index in [9.17, 15) is 0 Å². The van der Waals surface area contributed by atoms with Gasteiger partial charge in [0.15, 0.2) is 0 Å². The van der Waals surface area contributed by atoms with Crippen LogP contribution < -0.4 is 9.80 Å². The molecule has 2 nitrogen and oxygen atoms in total. The Morgan fingerprint density at radius 3 is 0.678 bits per heavy atom. The summed E-state index contributed by atoms with van der Waals surface area (Å²) in [6.45, 7) is 32.8. The van der Waals surface area contributed by atoms with Crippen LogP contribution >= 0.6 is 0 Å². The molecule has 0 unspecified atom stereocenters. The summed E-state index contributed by atoms with van der Waals surface area (Å²) in [7, 11) is 0. The minimum Gasteiger partial charge on any atom is -0.309 e. The fourth-order valence-electron chi connectivity index (χ4n) is 21.7. The van der Waals surface area contributed by atoms with Gasteiger partial charge in [-0.1, -0.05) is 310 Å². The molecule has 0 spiro atoms. The number of para-hydroxylation sites is 2. The Balaban J connectivity index is 0.586. The molecule has 0 fully saturated rings. The van der Waals surface area contributed by atoms with Crippen LogP contribution in [-0.2, 0) is 21.7 Å². The lowest BCUT2D eigenvalue weighted by molar-refractivity contribution is 0.659. The van der Waals surface area contributed by atoms with Gasteiger partial charge in [-0.3, -0.25) is 0 Å². The van der Waals surface area contributed by atoms with E-state index in [2.05, 4.69) is 434 Å². The highest BCUT2D eigenvalue weighted by atomic mass is 15.2. The fourth-order valence-corrected chi connectivity index (χ4v) is 21.7. The fraction of sp³-hybridized carbons (Fsp3) is 0.155. The molecule has 570 valence electrons. The van der Waals surface area contributed by atoms with Crippen LogP contribution in [0, 0.1) is 41.5 Å². The van der Waals surface area contributed by atoms with E-state index in [4.69, 9.17) is 0 Å². The summed E-state index contributed by atoms with van der Waals surface area (Å²) < 4.78 is 0.